The summed E-state index contributed by atoms with van der Waals surface area (Å²) in [5.74, 6) is 1.37. The highest BCUT2D eigenvalue weighted by molar-refractivity contribution is 4.72. The van der Waals surface area contributed by atoms with E-state index in [4.69, 9.17) is 22.9 Å². The number of hydrogen-bond acceptors (Lipinski definition) is 4. The molecule has 0 aliphatic heterocycles. The van der Waals surface area contributed by atoms with Gasteiger partial charge in [0, 0.05) is 0 Å². The van der Waals surface area contributed by atoms with Crippen molar-refractivity contribution in [3.05, 3.63) is 0 Å². The molecular weight excluding hydrogens is 200 g/mol. The lowest BCUT2D eigenvalue weighted by atomic mass is 9.81. The monoisotopic (exact) mass is 230 g/mol. The molecule has 16 heavy (non-hydrogen) atoms. The third kappa shape index (κ3) is 7.17. The molecule has 0 bridgehead atoms. The Morgan fingerprint density at radius 1 is 0.500 bits per heavy atom. The molecule has 0 aromatic carbocycles. The van der Waals surface area contributed by atoms with Gasteiger partial charge in [-0.05, 0) is 76.5 Å². The molecule has 4 heteroatoms. The molecule has 0 radical (unpaired) electrons. The van der Waals surface area contributed by atoms with Crippen molar-refractivity contribution < 1.29 is 0 Å². The SMILES string of the molecule is NCCCC(CCN)C(CCN)CCCN. The second-order valence-electron chi connectivity index (χ2n) is 4.54. The largest absolute Gasteiger partial charge is 0.330 e. The van der Waals surface area contributed by atoms with Crippen molar-refractivity contribution in [1.82, 2.24) is 0 Å². The molecule has 2 atom stereocenters. The second kappa shape index (κ2) is 11.3. The first-order valence-corrected chi connectivity index (χ1v) is 6.60. The fourth-order valence-corrected chi connectivity index (χ4v) is 2.42. The van der Waals surface area contributed by atoms with Gasteiger partial charge < -0.3 is 22.9 Å². The van der Waals surface area contributed by atoms with Crippen LogP contribution < -0.4 is 22.9 Å². The van der Waals surface area contributed by atoms with Crippen LogP contribution in [0.1, 0.15) is 38.5 Å². The van der Waals surface area contributed by atoms with Gasteiger partial charge in [0.1, 0.15) is 0 Å². The quantitative estimate of drug-likeness (QED) is 0.412. The minimum absolute atomic E-state index is 0.684. The van der Waals surface area contributed by atoms with E-state index in [1.165, 1.54) is 12.8 Å². The smallest absolute Gasteiger partial charge is 0.00745 e. The summed E-state index contributed by atoms with van der Waals surface area (Å²) in [5, 5.41) is 0. The molecule has 0 saturated carbocycles. The molecule has 0 aliphatic carbocycles. The van der Waals surface area contributed by atoms with Crippen molar-refractivity contribution in [2.45, 2.75) is 38.5 Å². The standard InChI is InChI=1S/C12H30N4/c13-7-1-3-11(5-9-15)12(6-10-16)4-2-8-14/h11-12H,1-10,13-16H2. The van der Waals surface area contributed by atoms with Crippen LogP contribution in [-0.2, 0) is 0 Å². The minimum Gasteiger partial charge on any atom is -0.330 e. The Labute approximate surface area is 100 Å². The van der Waals surface area contributed by atoms with Gasteiger partial charge in [-0.2, -0.15) is 0 Å². The van der Waals surface area contributed by atoms with E-state index in [0.29, 0.717) is 11.8 Å². The zero-order valence-electron chi connectivity index (χ0n) is 10.5. The predicted octanol–water partition coefficient (Wildman–Crippen LogP) is 0.394. The fourth-order valence-electron chi connectivity index (χ4n) is 2.42. The van der Waals surface area contributed by atoms with Gasteiger partial charge in [-0.15, -0.1) is 0 Å². The molecule has 0 rings (SSSR count). The van der Waals surface area contributed by atoms with Crippen molar-refractivity contribution in [2.24, 2.45) is 34.8 Å². The summed E-state index contributed by atoms with van der Waals surface area (Å²) in [6, 6.07) is 0. The Morgan fingerprint density at radius 3 is 1.12 bits per heavy atom. The van der Waals surface area contributed by atoms with Crippen molar-refractivity contribution >= 4 is 0 Å². The highest BCUT2D eigenvalue weighted by Crippen LogP contribution is 2.27. The molecule has 0 amide bonds. The maximum atomic E-state index is 5.68. The van der Waals surface area contributed by atoms with Gasteiger partial charge >= 0.3 is 0 Å². The van der Waals surface area contributed by atoms with Crippen LogP contribution in [0.2, 0.25) is 0 Å². The van der Waals surface area contributed by atoms with Crippen LogP contribution in [0.3, 0.4) is 0 Å². The zero-order chi connectivity index (χ0) is 12.2. The molecular formula is C12H30N4. The Morgan fingerprint density at radius 2 is 0.875 bits per heavy atom. The third-order valence-corrected chi connectivity index (χ3v) is 3.30. The van der Waals surface area contributed by atoms with Crippen LogP contribution in [0.25, 0.3) is 0 Å². The van der Waals surface area contributed by atoms with Gasteiger partial charge in [-0.1, -0.05) is 0 Å². The fraction of sp³-hybridized carbons (Fsp3) is 1.00. The Balaban J connectivity index is 4.14. The lowest BCUT2D eigenvalue weighted by Gasteiger charge is -2.26. The average Bonchev–Trinajstić information content (AvgIpc) is 2.30. The first-order chi connectivity index (χ1) is 7.79. The molecule has 0 saturated heterocycles. The van der Waals surface area contributed by atoms with Crippen molar-refractivity contribution in [2.75, 3.05) is 26.2 Å². The molecule has 0 aliphatic rings. The molecule has 98 valence electrons. The summed E-state index contributed by atoms with van der Waals surface area (Å²) in [6.07, 6.45) is 6.74. The van der Waals surface area contributed by atoms with E-state index in [-0.39, 0.29) is 0 Å². The van der Waals surface area contributed by atoms with Crippen LogP contribution in [0.4, 0.5) is 0 Å². The van der Waals surface area contributed by atoms with E-state index >= 15 is 0 Å². The van der Waals surface area contributed by atoms with Crippen molar-refractivity contribution in [1.29, 1.82) is 0 Å². The Hall–Kier alpha value is -0.160. The van der Waals surface area contributed by atoms with E-state index in [2.05, 4.69) is 0 Å². The molecule has 0 aromatic rings. The topological polar surface area (TPSA) is 104 Å². The molecule has 0 heterocycles. The molecule has 8 N–H and O–H groups in total. The van der Waals surface area contributed by atoms with E-state index in [9.17, 15) is 0 Å². The summed E-state index contributed by atoms with van der Waals surface area (Å²) < 4.78 is 0. The minimum atomic E-state index is 0.684. The average molecular weight is 230 g/mol. The van der Waals surface area contributed by atoms with Gasteiger partial charge in [-0.3, -0.25) is 0 Å². The summed E-state index contributed by atoms with van der Waals surface area (Å²) in [7, 11) is 0. The van der Waals surface area contributed by atoms with E-state index in [1.807, 2.05) is 0 Å². The van der Waals surface area contributed by atoms with Gasteiger partial charge in [0.15, 0.2) is 0 Å². The van der Waals surface area contributed by atoms with E-state index in [1.54, 1.807) is 0 Å². The van der Waals surface area contributed by atoms with E-state index in [0.717, 1.165) is 51.9 Å². The molecule has 0 spiro atoms. The van der Waals surface area contributed by atoms with Gasteiger partial charge in [-0.25, -0.2) is 0 Å². The van der Waals surface area contributed by atoms with Gasteiger partial charge in [0.25, 0.3) is 0 Å². The number of hydrogen-bond donors (Lipinski definition) is 4. The predicted molar refractivity (Wildman–Crippen MR) is 70.9 cm³/mol. The maximum absolute atomic E-state index is 5.68. The zero-order valence-corrected chi connectivity index (χ0v) is 10.5. The van der Waals surface area contributed by atoms with Crippen LogP contribution in [0.15, 0.2) is 0 Å². The van der Waals surface area contributed by atoms with Gasteiger partial charge in [0.05, 0.1) is 0 Å². The van der Waals surface area contributed by atoms with Crippen LogP contribution >= 0.6 is 0 Å². The van der Waals surface area contributed by atoms with E-state index < -0.39 is 0 Å². The first-order valence-electron chi connectivity index (χ1n) is 6.60. The number of nitrogens with two attached hydrogens (primary N) is 4. The molecule has 4 nitrogen and oxygen atoms in total. The normalized spacial score (nSPS) is 15.0. The summed E-state index contributed by atoms with van der Waals surface area (Å²) in [6.45, 7) is 3.07. The van der Waals surface area contributed by atoms with Crippen LogP contribution in [0, 0.1) is 11.8 Å². The molecule has 0 fully saturated rings. The maximum Gasteiger partial charge on any atom is -0.00745 e. The van der Waals surface area contributed by atoms with Crippen LogP contribution in [0.5, 0.6) is 0 Å². The number of rotatable bonds is 11. The second-order valence-corrected chi connectivity index (χ2v) is 4.54. The highest BCUT2D eigenvalue weighted by atomic mass is 14.6. The lowest BCUT2D eigenvalue weighted by molar-refractivity contribution is 0.261. The summed E-state index contributed by atoms with van der Waals surface area (Å²) in [5.41, 5.74) is 22.5. The van der Waals surface area contributed by atoms with Crippen molar-refractivity contribution in [3.63, 3.8) is 0 Å². The third-order valence-electron chi connectivity index (χ3n) is 3.30. The lowest BCUT2D eigenvalue weighted by Crippen LogP contribution is -2.23. The molecule has 2 unspecified atom stereocenters. The van der Waals surface area contributed by atoms with Gasteiger partial charge in [0.2, 0.25) is 0 Å². The Bertz CT molecular complexity index is 125. The first kappa shape index (κ1) is 15.8. The summed E-state index contributed by atoms with van der Waals surface area (Å²) >= 11 is 0. The molecule has 0 aromatic heterocycles. The highest BCUT2D eigenvalue weighted by Gasteiger charge is 2.19. The Kier molecular flexibility index (Phi) is 11.2. The van der Waals surface area contributed by atoms with Crippen molar-refractivity contribution in [3.8, 4) is 0 Å². The van der Waals surface area contributed by atoms with Crippen LogP contribution in [-0.4, -0.2) is 26.2 Å². The summed E-state index contributed by atoms with van der Waals surface area (Å²) in [4.78, 5) is 0.